The van der Waals surface area contributed by atoms with E-state index in [0.717, 1.165) is 23.1 Å². The van der Waals surface area contributed by atoms with Gasteiger partial charge in [-0.1, -0.05) is 0 Å². The van der Waals surface area contributed by atoms with Gasteiger partial charge in [0.2, 0.25) is 0 Å². The van der Waals surface area contributed by atoms with Crippen LogP contribution in [-0.2, 0) is 11.2 Å². The summed E-state index contributed by atoms with van der Waals surface area (Å²) in [5.41, 5.74) is 2.88. The van der Waals surface area contributed by atoms with Gasteiger partial charge in [-0.3, -0.25) is 0 Å². The molecule has 1 aliphatic rings. The van der Waals surface area contributed by atoms with Gasteiger partial charge in [0.25, 0.3) is 0 Å². The van der Waals surface area contributed by atoms with Crippen molar-refractivity contribution in [3.8, 4) is 0 Å². The number of carbonyl (C=O) groups excluding carboxylic acids is 1. The number of benzene rings is 1. The van der Waals surface area contributed by atoms with Crippen molar-refractivity contribution >= 4 is 27.6 Å². The van der Waals surface area contributed by atoms with Crippen LogP contribution in [0.1, 0.15) is 22.8 Å². The molecule has 0 saturated heterocycles. The molecule has 0 bridgehead atoms. The number of anilines is 1. The molecule has 0 aliphatic carbocycles. The number of hydrogen-bond acceptors (Lipinski definition) is 3. The Bertz CT molecular complexity index is 404. The average molecular weight is 270 g/mol. The molecule has 0 saturated carbocycles. The second-order valence-electron chi connectivity index (χ2n) is 3.39. The van der Waals surface area contributed by atoms with Crippen LogP contribution in [0.5, 0.6) is 0 Å². The Kier molecular flexibility index (Phi) is 2.95. The van der Waals surface area contributed by atoms with E-state index in [4.69, 9.17) is 4.74 Å². The molecule has 1 aromatic carbocycles. The smallest absolute Gasteiger partial charge is 0.339 e. The normalized spacial score (nSPS) is 13.2. The molecule has 1 aromatic rings. The van der Waals surface area contributed by atoms with Crippen LogP contribution < -0.4 is 5.32 Å². The van der Waals surface area contributed by atoms with Gasteiger partial charge in [-0.05, 0) is 47.0 Å². The highest BCUT2D eigenvalue weighted by Crippen LogP contribution is 2.29. The minimum atomic E-state index is -0.277. The molecule has 1 aliphatic heterocycles. The lowest BCUT2D eigenvalue weighted by atomic mass is 10.1. The average Bonchev–Trinajstić information content (AvgIpc) is 2.63. The maximum absolute atomic E-state index is 11.6. The van der Waals surface area contributed by atoms with Crippen molar-refractivity contribution in [2.45, 2.75) is 13.3 Å². The van der Waals surface area contributed by atoms with Crippen molar-refractivity contribution in [3.05, 3.63) is 27.7 Å². The standard InChI is InChI=1S/C11H12BrNO2/c1-2-15-11(14)8-6-10-7(3-4-13-10)5-9(8)12/h5-6,13H,2-4H2,1H3. The van der Waals surface area contributed by atoms with E-state index in [9.17, 15) is 4.79 Å². The Morgan fingerprint density at radius 1 is 1.60 bits per heavy atom. The van der Waals surface area contributed by atoms with Crippen molar-refractivity contribution < 1.29 is 9.53 Å². The number of rotatable bonds is 2. The SMILES string of the molecule is CCOC(=O)c1cc2c(cc1Br)CCN2. The van der Waals surface area contributed by atoms with Gasteiger partial charge in [0.15, 0.2) is 0 Å². The predicted molar refractivity (Wildman–Crippen MR) is 62.3 cm³/mol. The molecule has 0 amide bonds. The Morgan fingerprint density at radius 2 is 2.40 bits per heavy atom. The minimum Gasteiger partial charge on any atom is -0.462 e. The lowest BCUT2D eigenvalue weighted by molar-refractivity contribution is 0.0525. The number of esters is 1. The molecule has 1 heterocycles. The van der Waals surface area contributed by atoms with Gasteiger partial charge in [0.1, 0.15) is 0 Å². The number of carbonyl (C=O) groups is 1. The fraction of sp³-hybridized carbons (Fsp3) is 0.364. The Balaban J connectivity index is 2.36. The highest BCUT2D eigenvalue weighted by molar-refractivity contribution is 9.10. The molecule has 15 heavy (non-hydrogen) atoms. The van der Waals surface area contributed by atoms with E-state index in [-0.39, 0.29) is 5.97 Å². The van der Waals surface area contributed by atoms with Crippen molar-refractivity contribution in [3.63, 3.8) is 0 Å². The highest BCUT2D eigenvalue weighted by atomic mass is 79.9. The fourth-order valence-corrected chi connectivity index (χ4v) is 2.24. The molecule has 4 heteroatoms. The molecule has 0 radical (unpaired) electrons. The Morgan fingerprint density at radius 3 is 3.13 bits per heavy atom. The maximum atomic E-state index is 11.6. The Labute approximate surface area is 96.9 Å². The second kappa shape index (κ2) is 4.23. The monoisotopic (exact) mass is 269 g/mol. The van der Waals surface area contributed by atoms with Gasteiger partial charge < -0.3 is 10.1 Å². The van der Waals surface area contributed by atoms with E-state index < -0.39 is 0 Å². The third kappa shape index (κ3) is 2.00. The molecule has 1 N–H and O–H groups in total. The summed E-state index contributed by atoms with van der Waals surface area (Å²) in [6.45, 7) is 3.14. The summed E-state index contributed by atoms with van der Waals surface area (Å²) in [4.78, 5) is 11.6. The van der Waals surface area contributed by atoms with E-state index in [1.807, 2.05) is 12.1 Å². The molecule has 0 atom stereocenters. The first-order valence-electron chi connectivity index (χ1n) is 4.95. The third-order valence-electron chi connectivity index (χ3n) is 2.40. The summed E-state index contributed by atoms with van der Waals surface area (Å²) in [6, 6.07) is 3.84. The van der Waals surface area contributed by atoms with E-state index in [1.54, 1.807) is 6.92 Å². The maximum Gasteiger partial charge on any atom is 0.339 e. The summed E-state index contributed by atoms with van der Waals surface area (Å²) in [5, 5.41) is 3.24. The largest absolute Gasteiger partial charge is 0.462 e. The number of ether oxygens (including phenoxy) is 1. The van der Waals surface area contributed by atoms with Crippen LogP contribution >= 0.6 is 15.9 Å². The first-order chi connectivity index (χ1) is 7.22. The summed E-state index contributed by atoms with van der Waals surface area (Å²) in [6.07, 6.45) is 1.01. The lowest BCUT2D eigenvalue weighted by Gasteiger charge is -2.07. The van der Waals surface area contributed by atoms with E-state index in [1.165, 1.54) is 5.56 Å². The number of hydrogen-bond donors (Lipinski definition) is 1. The zero-order valence-corrected chi connectivity index (χ0v) is 10.1. The quantitative estimate of drug-likeness (QED) is 0.839. The van der Waals surface area contributed by atoms with Gasteiger partial charge >= 0.3 is 5.97 Å². The minimum absolute atomic E-state index is 0.277. The van der Waals surface area contributed by atoms with Gasteiger partial charge in [0.05, 0.1) is 12.2 Å². The first-order valence-corrected chi connectivity index (χ1v) is 5.75. The number of nitrogens with one attached hydrogen (secondary N) is 1. The van der Waals surface area contributed by atoms with Crippen LogP contribution in [0, 0.1) is 0 Å². The van der Waals surface area contributed by atoms with Crippen molar-refractivity contribution in [2.24, 2.45) is 0 Å². The molecule has 0 unspecified atom stereocenters. The van der Waals surface area contributed by atoms with Crippen LogP contribution in [0.4, 0.5) is 5.69 Å². The van der Waals surface area contributed by atoms with Crippen LogP contribution in [0.2, 0.25) is 0 Å². The topological polar surface area (TPSA) is 38.3 Å². The summed E-state index contributed by atoms with van der Waals surface area (Å²) < 4.78 is 5.78. The zero-order chi connectivity index (χ0) is 10.8. The van der Waals surface area contributed by atoms with Crippen molar-refractivity contribution in [1.29, 1.82) is 0 Å². The molecule has 80 valence electrons. The lowest BCUT2D eigenvalue weighted by Crippen LogP contribution is -2.06. The van der Waals surface area contributed by atoms with Gasteiger partial charge in [-0.25, -0.2) is 4.79 Å². The third-order valence-corrected chi connectivity index (χ3v) is 3.05. The summed E-state index contributed by atoms with van der Waals surface area (Å²) in [5.74, 6) is -0.277. The summed E-state index contributed by atoms with van der Waals surface area (Å²) >= 11 is 3.39. The molecule has 0 spiro atoms. The summed E-state index contributed by atoms with van der Waals surface area (Å²) in [7, 11) is 0. The van der Waals surface area contributed by atoms with Crippen molar-refractivity contribution in [1.82, 2.24) is 0 Å². The van der Waals surface area contributed by atoms with Crippen molar-refractivity contribution in [2.75, 3.05) is 18.5 Å². The van der Waals surface area contributed by atoms with E-state index >= 15 is 0 Å². The second-order valence-corrected chi connectivity index (χ2v) is 4.24. The van der Waals surface area contributed by atoms with E-state index in [0.29, 0.717) is 12.2 Å². The van der Waals surface area contributed by atoms with E-state index in [2.05, 4.69) is 21.2 Å². The molecule has 2 rings (SSSR count). The van der Waals surface area contributed by atoms with Crippen LogP contribution in [0.25, 0.3) is 0 Å². The number of halogens is 1. The molecule has 0 fully saturated rings. The zero-order valence-electron chi connectivity index (χ0n) is 8.47. The van der Waals surface area contributed by atoms with Gasteiger partial charge in [-0.2, -0.15) is 0 Å². The first kappa shape index (κ1) is 10.5. The highest BCUT2D eigenvalue weighted by Gasteiger charge is 2.17. The molecule has 0 aromatic heterocycles. The van der Waals surface area contributed by atoms with Gasteiger partial charge in [0, 0.05) is 16.7 Å². The Hall–Kier alpha value is -1.03. The predicted octanol–water partition coefficient (Wildman–Crippen LogP) is 2.59. The van der Waals surface area contributed by atoms with Gasteiger partial charge in [-0.15, -0.1) is 0 Å². The van der Waals surface area contributed by atoms with Crippen LogP contribution in [0.15, 0.2) is 16.6 Å². The fourth-order valence-electron chi connectivity index (χ4n) is 1.68. The van der Waals surface area contributed by atoms with Crippen LogP contribution in [-0.4, -0.2) is 19.1 Å². The molecule has 3 nitrogen and oxygen atoms in total. The molecular formula is C11H12BrNO2. The van der Waals surface area contributed by atoms with Crippen LogP contribution in [0.3, 0.4) is 0 Å². The number of fused-ring (bicyclic) bond motifs is 1. The molecular weight excluding hydrogens is 258 g/mol.